The van der Waals surface area contributed by atoms with Gasteiger partial charge in [-0.25, -0.2) is 12.8 Å². The van der Waals surface area contributed by atoms with Crippen molar-refractivity contribution in [1.29, 1.82) is 0 Å². The first-order chi connectivity index (χ1) is 8.34. The van der Waals surface area contributed by atoms with Gasteiger partial charge in [0, 0.05) is 17.4 Å². The van der Waals surface area contributed by atoms with E-state index in [9.17, 15) is 12.8 Å². The number of rotatable bonds is 2. The Kier molecular flexibility index (Phi) is 3.47. The summed E-state index contributed by atoms with van der Waals surface area (Å²) in [5.41, 5.74) is 5.88. The molecule has 1 aromatic carbocycles. The Hall–Kier alpha value is -0.940. The summed E-state index contributed by atoms with van der Waals surface area (Å²) in [6, 6.07) is 4.47. The topological polar surface area (TPSA) is 60.2 Å². The molecule has 1 aromatic rings. The van der Waals surface area contributed by atoms with Crippen molar-refractivity contribution in [3.05, 3.63) is 29.6 Å². The minimum Gasteiger partial charge on any atom is -0.321 e. The third kappa shape index (κ3) is 2.42. The van der Waals surface area contributed by atoms with Crippen LogP contribution in [-0.2, 0) is 15.4 Å². The lowest BCUT2D eigenvalue weighted by molar-refractivity contribution is 0.291. The second-order valence-electron chi connectivity index (χ2n) is 5.11. The highest BCUT2D eigenvalue weighted by molar-refractivity contribution is 7.90. The SMILES string of the molecule is CS(=O)(=O)c1cccc(C2(N)CCCCC2)c1F. The summed E-state index contributed by atoms with van der Waals surface area (Å²) in [6.07, 6.45) is 5.44. The second kappa shape index (κ2) is 4.63. The monoisotopic (exact) mass is 271 g/mol. The lowest BCUT2D eigenvalue weighted by Crippen LogP contribution is -2.39. The molecule has 0 heterocycles. The molecule has 2 N–H and O–H groups in total. The fourth-order valence-electron chi connectivity index (χ4n) is 2.63. The Bertz CT molecular complexity index is 548. The van der Waals surface area contributed by atoms with Crippen LogP contribution in [0.3, 0.4) is 0 Å². The molecule has 0 amide bonds. The van der Waals surface area contributed by atoms with E-state index in [2.05, 4.69) is 0 Å². The second-order valence-corrected chi connectivity index (χ2v) is 7.09. The van der Waals surface area contributed by atoms with Gasteiger partial charge in [0.05, 0.1) is 0 Å². The summed E-state index contributed by atoms with van der Waals surface area (Å²) >= 11 is 0. The van der Waals surface area contributed by atoms with E-state index in [0.717, 1.165) is 25.5 Å². The highest BCUT2D eigenvalue weighted by atomic mass is 32.2. The molecule has 0 aliphatic heterocycles. The van der Waals surface area contributed by atoms with Gasteiger partial charge in [0.1, 0.15) is 10.7 Å². The highest BCUT2D eigenvalue weighted by Crippen LogP contribution is 2.37. The van der Waals surface area contributed by atoms with Crippen molar-refractivity contribution in [3.63, 3.8) is 0 Å². The number of sulfone groups is 1. The Labute approximate surface area is 107 Å². The molecular weight excluding hydrogens is 253 g/mol. The van der Waals surface area contributed by atoms with Crippen molar-refractivity contribution >= 4 is 9.84 Å². The number of benzene rings is 1. The van der Waals surface area contributed by atoms with Crippen LogP contribution >= 0.6 is 0 Å². The van der Waals surface area contributed by atoms with Gasteiger partial charge in [-0.05, 0) is 18.9 Å². The van der Waals surface area contributed by atoms with Crippen molar-refractivity contribution < 1.29 is 12.8 Å². The maximum Gasteiger partial charge on any atom is 0.178 e. The van der Waals surface area contributed by atoms with E-state index in [1.165, 1.54) is 6.07 Å². The zero-order valence-corrected chi connectivity index (χ0v) is 11.3. The number of nitrogens with two attached hydrogens (primary N) is 1. The predicted octanol–water partition coefficient (Wildman–Crippen LogP) is 2.35. The molecule has 0 aromatic heterocycles. The predicted molar refractivity (Wildman–Crippen MR) is 68.5 cm³/mol. The zero-order valence-electron chi connectivity index (χ0n) is 10.4. The van der Waals surface area contributed by atoms with Gasteiger partial charge in [-0.15, -0.1) is 0 Å². The van der Waals surface area contributed by atoms with Crippen LogP contribution in [0.5, 0.6) is 0 Å². The van der Waals surface area contributed by atoms with Gasteiger partial charge in [-0.2, -0.15) is 0 Å². The van der Waals surface area contributed by atoms with Crippen molar-refractivity contribution in [2.75, 3.05) is 6.26 Å². The molecule has 0 spiro atoms. The molecule has 0 unspecified atom stereocenters. The number of halogens is 1. The summed E-state index contributed by atoms with van der Waals surface area (Å²) in [4.78, 5) is -0.254. The molecule has 1 fully saturated rings. The van der Waals surface area contributed by atoms with Crippen LogP contribution in [0, 0.1) is 5.82 Å². The van der Waals surface area contributed by atoms with Gasteiger partial charge in [0.2, 0.25) is 0 Å². The van der Waals surface area contributed by atoms with E-state index in [1.54, 1.807) is 12.1 Å². The van der Waals surface area contributed by atoms with Crippen LogP contribution in [0.2, 0.25) is 0 Å². The van der Waals surface area contributed by atoms with E-state index in [4.69, 9.17) is 5.73 Å². The van der Waals surface area contributed by atoms with Crippen LogP contribution in [0.1, 0.15) is 37.7 Å². The molecule has 1 saturated carbocycles. The molecule has 0 atom stereocenters. The first kappa shape index (κ1) is 13.5. The summed E-state index contributed by atoms with van der Waals surface area (Å²) in [6.45, 7) is 0. The Morgan fingerprint density at radius 1 is 1.22 bits per heavy atom. The van der Waals surface area contributed by atoms with Crippen LogP contribution < -0.4 is 5.73 Å². The first-order valence-corrected chi connectivity index (χ1v) is 8.02. The lowest BCUT2D eigenvalue weighted by atomic mass is 9.77. The molecule has 2 rings (SSSR count). The third-order valence-corrected chi connectivity index (χ3v) is 4.76. The van der Waals surface area contributed by atoms with Crippen molar-refractivity contribution in [3.8, 4) is 0 Å². The molecule has 1 aliphatic carbocycles. The fraction of sp³-hybridized carbons (Fsp3) is 0.538. The lowest BCUT2D eigenvalue weighted by Gasteiger charge is -2.34. The molecule has 0 bridgehead atoms. The number of hydrogen-bond acceptors (Lipinski definition) is 3. The van der Waals surface area contributed by atoms with E-state index >= 15 is 0 Å². The molecule has 3 nitrogen and oxygen atoms in total. The summed E-state index contributed by atoms with van der Waals surface area (Å²) in [5, 5.41) is 0. The molecule has 0 radical (unpaired) electrons. The summed E-state index contributed by atoms with van der Waals surface area (Å²) in [7, 11) is -3.55. The van der Waals surface area contributed by atoms with Gasteiger partial charge < -0.3 is 5.73 Å². The van der Waals surface area contributed by atoms with Gasteiger partial charge in [-0.3, -0.25) is 0 Å². The van der Waals surface area contributed by atoms with Crippen molar-refractivity contribution in [2.45, 2.75) is 42.5 Å². The van der Waals surface area contributed by atoms with Crippen LogP contribution in [0.4, 0.5) is 4.39 Å². The van der Waals surface area contributed by atoms with Crippen LogP contribution in [0.15, 0.2) is 23.1 Å². The van der Waals surface area contributed by atoms with Gasteiger partial charge >= 0.3 is 0 Å². The Morgan fingerprint density at radius 3 is 2.39 bits per heavy atom. The summed E-state index contributed by atoms with van der Waals surface area (Å²) in [5.74, 6) is -0.676. The van der Waals surface area contributed by atoms with Crippen molar-refractivity contribution in [2.24, 2.45) is 5.73 Å². The normalized spacial score (nSPS) is 19.7. The van der Waals surface area contributed by atoms with E-state index in [0.29, 0.717) is 18.4 Å². The molecule has 18 heavy (non-hydrogen) atoms. The third-order valence-electron chi connectivity index (χ3n) is 3.64. The smallest absolute Gasteiger partial charge is 0.178 e. The standard InChI is InChI=1S/C13H18FNO2S/c1-18(16,17)11-7-5-6-10(12(11)14)13(15)8-3-2-4-9-13/h5-7H,2-4,8-9,15H2,1H3. The van der Waals surface area contributed by atoms with Gasteiger partial charge in [-0.1, -0.05) is 31.4 Å². The Morgan fingerprint density at radius 2 is 1.83 bits per heavy atom. The molecule has 100 valence electrons. The fourth-order valence-corrected chi connectivity index (χ4v) is 3.39. The van der Waals surface area contributed by atoms with E-state index in [-0.39, 0.29) is 4.90 Å². The van der Waals surface area contributed by atoms with Crippen molar-refractivity contribution in [1.82, 2.24) is 0 Å². The number of hydrogen-bond donors (Lipinski definition) is 1. The highest BCUT2D eigenvalue weighted by Gasteiger charge is 2.33. The molecule has 5 heteroatoms. The quantitative estimate of drug-likeness (QED) is 0.898. The largest absolute Gasteiger partial charge is 0.321 e. The molecular formula is C13H18FNO2S. The molecule has 1 aliphatic rings. The summed E-state index contributed by atoms with van der Waals surface area (Å²) < 4.78 is 37.4. The van der Waals surface area contributed by atoms with E-state index < -0.39 is 21.2 Å². The van der Waals surface area contributed by atoms with Crippen LogP contribution in [0.25, 0.3) is 0 Å². The maximum absolute atomic E-state index is 14.3. The average Bonchev–Trinajstić information content (AvgIpc) is 2.28. The molecule has 0 saturated heterocycles. The van der Waals surface area contributed by atoms with E-state index in [1.807, 2.05) is 0 Å². The first-order valence-electron chi connectivity index (χ1n) is 6.12. The van der Waals surface area contributed by atoms with Gasteiger partial charge in [0.15, 0.2) is 9.84 Å². The van der Waals surface area contributed by atoms with Crippen LogP contribution in [-0.4, -0.2) is 14.7 Å². The average molecular weight is 271 g/mol. The zero-order chi connectivity index (χ0) is 13.4. The minimum absolute atomic E-state index is 0.254. The maximum atomic E-state index is 14.3. The van der Waals surface area contributed by atoms with Gasteiger partial charge in [0.25, 0.3) is 0 Å². The Balaban J connectivity index is 2.52. The minimum atomic E-state index is -3.55.